The van der Waals surface area contributed by atoms with E-state index in [0.29, 0.717) is 29.7 Å². The number of halogens is 5. The molecule has 160 valence electrons. The Balaban J connectivity index is 2.06. The van der Waals surface area contributed by atoms with E-state index in [2.05, 4.69) is 9.47 Å². The van der Waals surface area contributed by atoms with Crippen molar-refractivity contribution in [1.82, 2.24) is 0 Å². The van der Waals surface area contributed by atoms with Crippen molar-refractivity contribution in [2.75, 3.05) is 0 Å². The summed E-state index contributed by atoms with van der Waals surface area (Å²) >= 11 is 6.33. The molecule has 0 saturated carbocycles. The zero-order valence-corrected chi connectivity index (χ0v) is 16.6. The van der Waals surface area contributed by atoms with Crippen LogP contribution in [-0.4, -0.2) is 24.0 Å². The van der Waals surface area contributed by atoms with E-state index in [1.54, 1.807) is 0 Å². The summed E-state index contributed by atoms with van der Waals surface area (Å²) in [6.07, 6.45) is -6.22. The van der Waals surface area contributed by atoms with Gasteiger partial charge in [0.1, 0.15) is 17.3 Å². The maximum atomic E-state index is 13.4. The van der Waals surface area contributed by atoms with Crippen molar-refractivity contribution in [3.8, 4) is 11.5 Å². The number of benzene rings is 2. The van der Waals surface area contributed by atoms with Crippen LogP contribution in [0.3, 0.4) is 0 Å². The van der Waals surface area contributed by atoms with E-state index < -0.39 is 24.1 Å². The zero-order chi connectivity index (χ0) is 22.1. The van der Waals surface area contributed by atoms with Gasteiger partial charge < -0.3 is 14.2 Å². The van der Waals surface area contributed by atoms with Crippen molar-refractivity contribution in [3.63, 3.8) is 0 Å². The van der Waals surface area contributed by atoms with Crippen LogP contribution in [0.2, 0.25) is 5.02 Å². The van der Waals surface area contributed by atoms with E-state index in [9.17, 15) is 22.4 Å². The fourth-order valence-electron chi connectivity index (χ4n) is 2.99. The summed E-state index contributed by atoms with van der Waals surface area (Å²) in [5.41, 5.74) is 0.358. The summed E-state index contributed by atoms with van der Waals surface area (Å²) in [5, 5.41) is 0.0196. The van der Waals surface area contributed by atoms with Crippen molar-refractivity contribution in [1.29, 1.82) is 0 Å². The Morgan fingerprint density at radius 2 is 1.80 bits per heavy atom. The predicted octanol–water partition coefficient (Wildman–Crippen LogP) is 6.26. The Hall–Kier alpha value is -2.81. The van der Waals surface area contributed by atoms with Crippen molar-refractivity contribution < 1.29 is 36.6 Å². The predicted molar refractivity (Wildman–Crippen MR) is 101 cm³/mol. The van der Waals surface area contributed by atoms with E-state index in [4.69, 9.17) is 21.3 Å². The van der Waals surface area contributed by atoms with E-state index >= 15 is 0 Å². The Labute approximate surface area is 174 Å². The van der Waals surface area contributed by atoms with E-state index in [1.165, 1.54) is 30.3 Å². The molecule has 2 aromatic rings. The fraction of sp³-hybridized carbons (Fsp3) is 0.300. The van der Waals surface area contributed by atoms with Gasteiger partial charge in [0.25, 0.3) is 0 Å². The molecular weight excluding hydrogens is 430 g/mol. The molecule has 0 radical (unpaired) electrons. The number of nitrogens with zero attached hydrogens (tertiary/aromatic N) is 1. The minimum atomic E-state index is -5.19. The normalized spacial score (nSPS) is 15.0. The van der Waals surface area contributed by atoms with Crippen molar-refractivity contribution in [2.45, 2.75) is 38.8 Å². The highest BCUT2D eigenvalue weighted by atomic mass is 35.5. The topological polar surface area (TPSA) is 57.1 Å². The third kappa shape index (κ3) is 4.67. The van der Waals surface area contributed by atoms with Gasteiger partial charge in [-0.25, -0.2) is 14.2 Å². The minimum absolute atomic E-state index is 0.0196. The molecule has 0 bridgehead atoms. The number of ether oxygens (including phenoxy) is 3. The highest BCUT2D eigenvalue weighted by Crippen LogP contribution is 2.42. The first kappa shape index (κ1) is 21.9. The van der Waals surface area contributed by atoms with Crippen molar-refractivity contribution in [2.24, 2.45) is 4.99 Å². The molecule has 0 aromatic heterocycles. The summed E-state index contributed by atoms with van der Waals surface area (Å²) < 4.78 is 63.8. The van der Waals surface area contributed by atoms with Gasteiger partial charge in [-0.2, -0.15) is 0 Å². The maximum absolute atomic E-state index is 13.4. The van der Waals surface area contributed by atoms with Crippen molar-refractivity contribution in [3.05, 3.63) is 58.4 Å². The first-order valence-electron chi connectivity index (χ1n) is 8.92. The molecule has 0 spiro atoms. The van der Waals surface area contributed by atoms with E-state index in [-0.39, 0.29) is 16.5 Å². The van der Waals surface area contributed by atoms with Crippen LogP contribution in [0.4, 0.5) is 22.4 Å². The number of hydrogen-bond acceptors (Lipinski definition) is 5. The second-order valence-corrected chi connectivity index (χ2v) is 6.81. The van der Waals surface area contributed by atoms with Gasteiger partial charge >= 0.3 is 12.5 Å². The summed E-state index contributed by atoms with van der Waals surface area (Å²) in [6, 6.07) is 7.97. The quantitative estimate of drug-likeness (QED) is 0.316. The third-order valence-corrected chi connectivity index (χ3v) is 4.80. The molecule has 0 amide bonds. The molecular formula is C20H16ClF4NO4. The molecule has 0 atom stereocenters. The van der Waals surface area contributed by atoms with Gasteiger partial charge in [0.05, 0.1) is 16.3 Å². The largest absolute Gasteiger partial charge is 0.577 e. The van der Waals surface area contributed by atoms with Crippen LogP contribution in [-0.2, 0) is 4.74 Å². The summed E-state index contributed by atoms with van der Waals surface area (Å²) in [4.78, 5) is 16.1. The van der Waals surface area contributed by atoms with Crippen LogP contribution in [0.25, 0.3) is 0 Å². The van der Waals surface area contributed by atoms with Gasteiger partial charge in [-0.05, 0) is 24.3 Å². The lowest BCUT2D eigenvalue weighted by Crippen LogP contribution is -2.37. The highest BCUT2D eigenvalue weighted by molar-refractivity contribution is 6.36. The van der Waals surface area contributed by atoms with Crippen LogP contribution in [0.15, 0.2) is 41.4 Å². The molecule has 0 N–H and O–H groups in total. The lowest BCUT2D eigenvalue weighted by atomic mass is 9.96. The lowest BCUT2D eigenvalue weighted by Gasteiger charge is -2.35. The van der Waals surface area contributed by atoms with Crippen LogP contribution < -0.4 is 9.47 Å². The zero-order valence-electron chi connectivity index (χ0n) is 15.8. The molecule has 2 aromatic carbocycles. The molecule has 1 heterocycles. The van der Waals surface area contributed by atoms with Gasteiger partial charge in [-0.15, -0.1) is 13.2 Å². The molecule has 30 heavy (non-hydrogen) atoms. The molecule has 0 aliphatic carbocycles. The molecule has 10 heteroatoms. The number of hydrogen-bond donors (Lipinski definition) is 0. The number of alkyl halides is 3. The first-order chi connectivity index (χ1) is 14.1. The molecule has 1 aliphatic rings. The molecule has 5 nitrogen and oxygen atoms in total. The van der Waals surface area contributed by atoms with Gasteiger partial charge in [0, 0.05) is 30.5 Å². The highest BCUT2D eigenvalue weighted by Gasteiger charge is 2.37. The smallest absolute Gasteiger partial charge is 0.465 e. The molecule has 0 saturated heterocycles. The average molecular weight is 446 g/mol. The number of carbonyl (C=O) groups is 1. The van der Waals surface area contributed by atoms with Crippen LogP contribution in [0.1, 0.15) is 37.8 Å². The minimum Gasteiger partial charge on any atom is -0.465 e. The van der Waals surface area contributed by atoms with Crippen LogP contribution in [0, 0.1) is 5.82 Å². The third-order valence-electron chi connectivity index (χ3n) is 4.50. The SMILES string of the molecule is CCC1(CC)N=C(c2ccc(F)cc2)c2c(Cl)cc(OC(=O)OC(F)(F)F)cc2O1. The van der Waals surface area contributed by atoms with Crippen LogP contribution >= 0.6 is 11.6 Å². The van der Waals surface area contributed by atoms with Crippen LogP contribution in [0.5, 0.6) is 11.5 Å². The van der Waals surface area contributed by atoms with E-state index in [1.807, 2.05) is 13.8 Å². The molecule has 0 unspecified atom stereocenters. The number of fused-ring (bicyclic) bond motifs is 1. The Kier molecular flexibility index (Phi) is 5.94. The van der Waals surface area contributed by atoms with Gasteiger partial charge in [0.15, 0.2) is 5.72 Å². The summed E-state index contributed by atoms with van der Waals surface area (Å²) in [5.74, 6) is -0.563. The molecule has 3 rings (SSSR count). The van der Waals surface area contributed by atoms with Crippen molar-refractivity contribution >= 4 is 23.5 Å². The summed E-state index contributed by atoms with van der Waals surface area (Å²) in [7, 11) is 0. The number of aliphatic imine (C=N–C) groups is 1. The fourth-order valence-corrected chi connectivity index (χ4v) is 3.29. The van der Waals surface area contributed by atoms with Gasteiger partial charge in [-0.3, -0.25) is 0 Å². The number of carbonyl (C=O) groups excluding carboxylic acids is 1. The standard InChI is InChI=1S/C20H16ClF4NO4/c1-3-19(4-2)26-17(11-5-7-12(22)8-6-11)16-14(21)9-13(10-15(16)29-19)28-18(27)30-20(23,24)25/h5-10H,3-4H2,1-2H3. The second kappa shape index (κ2) is 8.14. The monoisotopic (exact) mass is 445 g/mol. The first-order valence-corrected chi connectivity index (χ1v) is 9.30. The Bertz CT molecular complexity index is 986. The van der Waals surface area contributed by atoms with Gasteiger partial charge in [0.2, 0.25) is 0 Å². The lowest BCUT2D eigenvalue weighted by molar-refractivity contribution is -0.296. The molecule has 1 aliphatic heterocycles. The summed E-state index contributed by atoms with van der Waals surface area (Å²) in [6.45, 7) is 3.70. The Morgan fingerprint density at radius 1 is 1.17 bits per heavy atom. The van der Waals surface area contributed by atoms with E-state index in [0.717, 1.165) is 6.07 Å². The maximum Gasteiger partial charge on any atom is 0.577 e. The second-order valence-electron chi connectivity index (χ2n) is 6.40. The Morgan fingerprint density at radius 3 is 2.37 bits per heavy atom. The van der Waals surface area contributed by atoms with Gasteiger partial charge in [-0.1, -0.05) is 25.4 Å². The molecule has 0 fully saturated rings. The number of rotatable bonds is 4. The average Bonchev–Trinajstić information content (AvgIpc) is 2.66.